The Morgan fingerprint density at radius 2 is 1.76 bits per heavy atom. The van der Waals surface area contributed by atoms with Gasteiger partial charge in [0.1, 0.15) is 11.5 Å². The first-order valence-electron chi connectivity index (χ1n) is 5.70. The van der Waals surface area contributed by atoms with Gasteiger partial charge in [-0.15, -0.1) is 0 Å². The molecular weight excluding hydrogens is 220 g/mol. The summed E-state index contributed by atoms with van der Waals surface area (Å²) >= 11 is 0. The SMILES string of the molecule is COCC(O)CCCOc1ccc(OC)cc1. The Bertz CT molecular complexity index is 297. The molecule has 0 bridgehead atoms. The van der Waals surface area contributed by atoms with Crippen LogP contribution >= 0.6 is 0 Å². The molecule has 4 nitrogen and oxygen atoms in total. The van der Waals surface area contributed by atoms with Gasteiger partial charge in [-0.2, -0.15) is 0 Å². The van der Waals surface area contributed by atoms with Crippen LogP contribution in [-0.4, -0.2) is 38.6 Å². The molecule has 1 atom stereocenters. The average Bonchev–Trinajstić information content (AvgIpc) is 2.36. The molecule has 0 radical (unpaired) electrons. The van der Waals surface area contributed by atoms with Crippen LogP contribution in [0.1, 0.15) is 12.8 Å². The highest BCUT2D eigenvalue weighted by Gasteiger charge is 2.03. The van der Waals surface area contributed by atoms with Crippen LogP contribution in [0.3, 0.4) is 0 Å². The first-order chi connectivity index (χ1) is 8.26. The van der Waals surface area contributed by atoms with Crippen molar-refractivity contribution in [3.8, 4) is 11.5 Å². The molecule has 1 rings (SSSR count). The van der Waals surface area contributed by atoms with Crippen molar-refractivity contribution in [2.45, 2.75) is 18.9 Å². The van der Waals surface area contributed by atoms with Crippen molar-refractivity contribution in [2.24, 2.45) is 0 Å². The molecule has 0 saturated carbocycles. The third-order valence-corrected chi connectivity index (χ3v) is 2.37. The summed E-state index contributed by atoms with van der Waals surface area (Å²) in [5, 5.41) is 9.42. The maximum absolute atomic E-state index is 9.42. The number of aliphatic hydroxyl groups excluding tert-OH is 1. The van der Waals surface area contributed by atoms with Crippen LogP contribution in [0.25, 0.3) is 0 Å². The molecule has 1 aromatic rings. The van der Waals surface area contributed by atoms with Gasteiger partial charge in [0.15, 0.2) is 0 Å². The standard InChI is InChI=1S/C13H20O4/c1-15-10-11(14)4-3-9-17-13-7-5-12(16-2)6-8-13/h5-8,11,14H,3-4,9-10H2,1-2H3. The Hall–Kier alpha value is -1.26. The predicted octanol–water partition coefficient (Wildman–Crippen LogP) is 1.86. The number of methoxy groups -OCH3 is 2. The van der Waals surface area contributed by atoms with Gasteiger partial charge < -0.3 is 19.3 Å². The van der Waals surface area contributed by atoms with Crippen molar-refractivity contribution in [1.82, 2.24) is 0 Å². The van der Waals surface area contributed by atoms with Crippen LogP contribution < -0.4 is 9.47 Å². The molecule has 96 valence electrons. The van der Waals surface area contributed by atoms with E-state index in [1.54, 1.807) is 14.2 Å². The molecule has 0 aromatic heterocycles. The molecule has 17 heavy (non-hydrogen) atoms. The van der Waals surface area contributed by atoms with E-state index >= 15 is 0 Å². The molecular formula is C13H20O4. The van der Waals surface area contributed by atoms with Gasteiger partial charge in [-0.3, -0.25) is 0 Å². The molecule has 0 fully saturated rings. The summed E-state index contributed by atoms with van der Waals surface area (Å²) in [6.07, 6.45) is 1.08. The van der Waals surface area contributed by atoms with E-state index in [4.69, 9.17) is 14.2 Å². The number of hydrogen-bond donors (Lipinski definition) is 1. The Morgan fingerprint density at radius 1 is 1.12 bits per heavy atom. The zero-order chi connectivity index (χ0) is 12.5. The lowest BCUT2D eigenvalue weighted by atomic mass is 10.2. The van der Waals surface area contributed by atoms with E-state index in [2.05, 4.69) is 0 Å². The second-order valence-corrected chi connectivity index (χ2v) is 3.78. The molecule has 0 amide bonds. The summed E-state index contributed by atoms with van der Waals surface area (Å²) in [5.74, 6) is 1.62. The number of hydrogen-bond acceptors (Lipinski definition) is 4. The van der Waals surface area contributed by atoms with Crippen molar-refractivity contribution < 1.29 is 19.3 Å². The van der Waals surface area contributed by atoms with E-state index in [9.17, 15) is 5.11 Å². The first-order valence-corrected chi connectivity index (χ1v) is 5.70. The Balaban J connectivity index is 2.17. The molecule has 0 heterocycles. The van der Waals surface area contributed by atoms with Crippen LogP contribution in [0, 0.1) is 0 Å². The zero-order valence-corrected chi connectivity index (χ0v) is 10.4. The minimum absolute atomic E-state index is 0.378. The number of benzene rings is 1. The highest BCUT2D eigenvalue weighted by atomic mass is 16.5. The maximum Gasteiger partial charge on any atom is 0.119 e. The summed E-state index contributed by atoms with van der Waals surface area (Å²) in [4.78, 5) is 0. The number of aliphatic hydroxyl groups is 1. The topological polar surface area (TPSA) is 47.9 Å². The van der Waals surface area contributed by atoms with Crippen molar-refractivity contribution in [2.75, 3.05) is 27.4 Å². The van der Waals surface area contributed by atoms with Gasteiger partial charge in [0, 0.05) is 7.11 Å². The van der Waals surface area contributed by atoms with Gasteiger partial charge in [0.25, 0.3) is 0 Å². The van der Waals surface area contributed by atoms with E-state index < -0.39 is 6.10 Å². The molecule has 1 aromatic carbocycles. The van der Waals surface area contributed by atoms with Gasteiger partial charge in [-0.1, -0.05) is 0 Å². The molecule has 4 heteroatoms. The monoisotopic (exact) mass is 240 g/mol. The van der Waals surface area contributed by atoms with Crippen molar-refractivity contribution in [3.63, 3.8) is 0 Å². The number of rotatable bonds is 8. The highest BCUT2D eigenvalue weighted by molar-refractivity contribution is 5.31. The quantitative estimate of drug-likeness (QED) is 0.705. The lowest BCUT2D eigenvalue weighted by molar-refractivity contribution is 0.0554. The maximum atomic E-state index is 9.42. The van der Waals surface area contributed by atoms with Gasteiger partial charge in [0.05, 0.1) is 26.4 Å². The van der Waals surface area contributed by atoms with Crippen LogP contribution in [0.15, 0.2) is 24.3 Å². The van der Waals surface area contributed by atoms with Crippen LogP contribution in [0.4, 0.5) is 0 Å². The summed E-state index contributed by atoms with van der Waals surface area (Å²) in [5.41, 5.74) is 0. The molecule has 0 aliphatic carbocycles. The minimum atomic E-state index is -0.403. The van der Waals surface area contributed by atoms with Crippen molar-refractivity contribution >= 4 is 0 Å². The van der Waals surface area contributed by atoms with E-state index in [0.717, 1.165) is 17.9 Å². The Labute approximate surface area is 102 Å². The fraction of sp³-hybridized carbons (Fsp3) is 0.538. The fourth-order valence-corrected chi connectivity index (χ4v) is 1.46. The van der Waals surface area contributed by atoms with Gasteiger partial charge in [0.2, 0.25) is 0 Å². The smallest absolute Gasteiger partial charge is 0.119 e. The Kier molecular flexibility index (Phi) is 6.43. The largest absolute Gasteiger partial charge is 0.497 e. The van der Waals surface area contributed by atoms with Crippen molar-refractivity contribution in [1.29, 1.82) is 0 Å². The second-order valence-electron chi connectivity index (χ2n) is 3.78. The fourth-order valence-electron chi connectivity index (χ4n) is 1.46. The molecule has 0 saturated heterocycles. The second kappa shape index (κ2) is 7.92. The van der Waals surface area contributed by atoms with Crippen molar-refractivity contribution in [3.05, 3.63) is 24.3 Å². The van der Waals surface area contributed by atoms with Crippen LogP contribution in [0.2, 0.25) is 0 Å². The first kappa shape index (κ1) is 13.8. The third-order valence-electron chi connectivity index (χ3n) is 2.37. The van der Waals surface area contributed by atoms with E-state index in [-0.39, 0.29) is 0 Å². The molecule has 0 aliphatic rings. The lowest BCUT2D eigenvalue weighted by Gasteiger charge is -2.10. The zero-order valence-electron chi connectivity index (χ0n) is 10.4. The predicted molar refractivity (Wildman–Crippen MR) is 65.6 cm³/mol. The highest BCUT2D eigenvalue weighted by Crippen LogP contribution is 2.17. The van der Waals surface area contributed by atoms with Crippen LogP contribution in [0.5, 0.6) is 11.5 Å². The summed E-state index contributed by atoms with van der Waals surface area (Å²) < 4.78 is 15.4. The Morgan fingerprint density at radius 3 is 2.35 bits per heavy atom. The third kappa shape index (κ3) is 5.56. The van der Waals surface area contributed by atoms with E-state index in [1.165, 1.54) is 0 Å². The average molecular weight is 240 g/mol. The normalized spacial score (nSPS) is 12.2. The van der Waals surface area contributed by atoms with Gasteiger partial charge in [-0.25, -0.2) is 0 Å². The summed E-state index contributed by atoms with van der Waals surface area (Å²) in [7, 11) is 3.21. The van der Waals surface area contributed by atoms with E-state index in [1.807, 2.05) is 24.3 Å². The number of ether oxygens (including phenoxy) is 3. The van der Waals surface area contributed by atoms with Gasteiger partial charge in [-0.05, 0) is 37.1 Å². The minimum Gasteiger partial charge on any atom is -0.497 e. The summed E-state index contributed by atoms with van der Waals surface area (Å²) in [6.45, 7) is 0.968. The van der Waals surface area contributed by atoms with Gasteiger partial charge >= 0.3 is 0 Å². The molecule has 1 N–H and O–H groups in total. The van der Waals surface area contributed by atoms with E-state index in [0.29, 0.717) is 19.6 Å². The molecule has 1 unspecified atom stereocenters. The lowest BCUT2D eigenvalue weighted by Crippen LogP contribution is -2.14. The molecule has 0 aliphatic heterocycles. The van der Waals surface area contributed by atoms with Crippen LogP contribution in [-0.2, 0) is 4.74 Å². The summed E-state index contributed by atoms with van der Waals surface area (Å²) in [6, 6.07) is 7.44. The molecule has 0 spiro atoms.